The van der Waals surface area contributed by atoms with Gasteiger partial charge in [0, 0.05) is 20.2 Å². The number of ether oxygens (including phenoxy) is 3. The van der Waals surface area contributed by atoms with Gasteiger partial charge in [-0.25, -0.2) is 8.42 Å². The molecule has 0 spiro atoms. The van der Waals surface area contributed by atoms with E-state index in [-0.39, 0.29) is 23.5 Å². The number of nitrogens with zero attached hydrogens (tertiary/aromatic N) is 1. The number of anilines is 1. The first-order valence-electron chi connectivity index (χ1n) is 10.2. The Morgan fingerprint density at radius 3 is 2.35 bits per heavy atom. The van der Waals surface area contributed by atoms with E-state index < -0.39 is 10.0 Å². The summed E-state index contributed by atoms with van der Waals surface area (Å²) in [5, 5.41) is 2.79. The molecule has 1 fully saturated rings. The van der Waals surface area contributed by atoms with E-state index in [9.17, 15) is 13.2 Å². The third-order valence-electron chi connectivity index (χ3n) is 4.91. The zero-order valence-electron chi connectivity index (χ0n) is 17.7. The lowest BCUT2D eigenvalue weighted by atomic mass is 10.2. The molecule has 1 atom stereocenters. The number of sulfonamides is 1. The van der Waals surface area contributed by atoms with E-state index in [1.807, 2.05) is 6.92 Å². The first-order valence-corrected chi connectivity index (χ1v) is 11.7. The minimum atomic E-state index is -3.72. The Labute approximate surface area is 183 Å². The van der Waals surface area contributed by atoms with Crippen molar-refractivity contribution in [1.29, 1.82) is 0 Å². The molecule has 1 aliphatic rings. The molecule has 0 aromatic heterocycles. The second-order valence-electron chi connectivity index (χ2n) is 7.10. The summed E-state index contributed by atoms with van der Waals surface area (Å²) in [5.74, 6) is 0.864. The molecular formula is C22H28N2O6S. The van der Waals surface area contributed by atoms with Crippen LogP contribution in [0.5, 0.6) is 11.5 Å². The third-order valence-corrected chi connectivity index (χ3v) is 6.71. The first kappa shape index (κ1) is 22.9. The fourth-order valence-electron chi connectivity index (χ4n) is 3.16. The number of carbonyl (C=O) groups is 1. The van der Waals surface area contributed by atoms with Crippen LogP contribution in [0.1, 0.15) is 19.8 Å². The summed E-state index contributed by atoms with van der Waals surface area (Å²) in [6, 6.07) is 12.8. The van der Waals surface area contributed by atoms with Gasteiger partial charge in [0.15, 0.2) is 6.61 Å². The predicted octanol–water partition coefficient (Wildman–Crippen LogP) is 2.58. The molecule has 1 saturated heterocycles. The SMILES string of the molecule is CCOc1ccc(S(=O)(=O)N(C)c2ccc(OCC(=O)NC[C@@H]3CCCO3)cc2)cc1. The molecule has 3 rings (SSSR count). The van der Waals surface area contributed by atoms with E-state index in [0.717, 1.165) is 19.4 Å². The quantitative estimate of drug-likeness (QED) is 0.600. The molecule has 0 bridgehead atoms. The highest BCUT2D eigenvalue weighted by molar-refractivity contribution is 7.92. The highest BCUT2D eigenvalue weighted by Gasteiger charge is 2.21. The van der Waals surface area contributed by atoms with E-state index >= 15 is 0 Å². The van der Waals surface area contributed by atoms with Gasteiger partial charge in [-0.2, -0.15) is 0 Å². The second-order valence-corrected chi connectivity index (χ2v) is 9.07. The molecule has 0 unspecified atom stereocenters. The summed E-state index contributed by atoms with van der Waals surface area (Å²) < 4.78 is 43.2. The van der Waals surface area contributed by atoms with Gasteiger partial charge in [-0.05, 0) is 68.3 Å². The van der Waals surface area contributed by atoms with Gasteiger partial charge in [0.1, 0.15) is 11.5 Å². The minimum Gasteiger partial charge on any atom is -0.494 e. The van der Waals surface area contributed by atoms with Gasteiger partial charge in [-0.15, -0.1) is 0 Å². The Balaban J connectivity index is 1.55. The van der Waals surface area contributed by atoms with Crippen molar-refractivity contribution in [2.24, 2.45) is 0 Å². The standard InChI is InChI=1S/C22H28N2O6S/c1-3-28-18-10-12-21(13-11-18)31(26,27)24(2)17-6-8-19(9-7-17)30-16-22(25)23-15-20-5-4-14-29-20/h6-13,20H,3-5,14-16H2,1-2H3,(H,23,25)/t20-/m0/s1. The summed E-state index contributed by atoms with van der Waals surface area (Å²) in [7, 11) is -2.23. The molecular weight excluding hydrogens is 420 g/mol. The number of carbonyl (C=O) groups excluding carboxylic acids is 1. The van der Waals surface area contributed by atoms with Crippen LogP contribution in [0.3, 0.4) is 0 Å². The number of hydrogen-bond acceptors (Lipinski definition) is 6. The van der Waals surface area contributed by atoms with Crippen LogP contribution in [-0.2, 0) is 19.6 Å². The molecule has 0 radical (unpaired) electrons. The van der Waals surface area contributed by atoms with Gasteiger partial charge in [-0.3, -0.25) is 9.10 Å². The fraction of sp³-hybridized carbons (Fsp3) is 0.409. The summed E-state index contributed by atoms with van der Waals surface area (Å²) >= 11 is 0. The molecule has 31 heavy (non-hydrogen) atoms. The van der Waals surface area contributed by atoms with Crippen molar-refractivity contribution in [3.05, 3.63) is 48.5 Å². The van der Waals surface area contributed by atoms with Gasteiger partial charge < -0.3 is 19.5 Å². The highest BCUT2D eigenvalue weighted by atomic mass is 32.2. The maximum atomic E-state index is 12.9. The molecule has 0 saturated carbocycles. The topological polar surface area (TPSA) is 94.2 Å². The Kier molecular flexibility index (Phi) is 7.75. The Bertz CT molecular complexity index is 955. The lowest BCUT2D eigenvalue weighted by molar-refractivity contribution is -0.123. The molecule has 2 aromatic rings. The van der Waals surface area contributed by atoms with E-state index in [2.05, 4.69) is 5.32 Å². The molecule has 9 heteroatoms. The zero-order chi connectivity index (χ0) is 22.3. The van der Waals surface area contributed by atoms with Gasteiger partial charge in [0.2, 0.25) is 0 Å². The molecule has 1 amide bonds. The smallest absolute Gasteiger partial charge is 0.264 e. The molecule has 0 aliphatic carbocycles. The van der Waals surface area contributed by atoms with Crippen molar-refractivity contribution in [2.45, 2.75) is 30.8 Å². The van der Waals surface area contributed by atoms with Crippen molar-refractivity contribution < 1.29 is 27.4 Å². The summed E-state index contributed by atoms with van der Waals surface area (Å²) in [4.78, 5) is 12.1. The molecule has 168 valence electrons. The number of rotatable bonds is 10. The Morgan fingerprint density at radius 2 is 1.74 bits per heavy atom. The van der Waals surface area contributed by atoms with Gasteiger partial charge in [0.05, 0.1) is 23.3 Å². The Hall–Kier alpha value is -2.78. The maximum Gasteiger partial charge on any atom is 0.264 e. The van der Waals surface area contributed by atoms with Gasteiger partial charge >= 0.3 is 0 Å². The lowest BCUT2D eigenvalue weighted by Gasteiger charge is -2.20. The van der Waals surface area contributed by atoms with Crippen LogP contribution < -0.4 is 19.1 Å². The van der Waals surface area contributed by atoms with Gasteiger partial charge in [0.25, 0.3) is 15.9 Å². The molecule has 2 aromatic carbocycles. The van der Waals surface area contributed by atoms with Crippen molar-refractivity contribution in [3.8, 4) is 11.5 Å². The summed E-state index contributed by atoms with van der Waals surface area (Å²) in [6.07, 6.45) is 2.05. The average molecular weight is 449 g/mol. The van der Waals surface area contributed by atoms with Crippen LogP contribution in [0.2, 0.25) is 0 Å². The number of benzene rings is 2. The van der Waals surface area contributed by atoms with E-state index in [1.165, 1.54) is 23.5 Å². The number of hydrogen-bond donors (Lipinski definition) is 1. The van der Waals surface area contributed by atoms with E-state index in [0.29, 0.717) is 30.3 Å². The van der Waals surface area contributed by atoms with E-state index in [4.69, 9.17) is 14.2 Å². The fourth-order valence-corrected chi connectivity index (χ4v) is 4.35. The zero-order valence-corrected chi connectivity index (χ0v) is 18.6. The predicted molar refractivity (Wildman–Crippen MR) is 117 cm³/mol. The van der Waals surface area contributed by atoms with Crippen molar-refractivity contribution in [3.63, 3.8) is 0 Å². The van der Waals surface area contributed by atoms with Crippen molar-refractivity contribution in [2.75, 3.05) is 37.7 Å². The monoisotopic (exact) mass is 448 g/mol. The number of nitrogens with one attached hydrogen (secondary N) is 1. The third kappa shape index (κ3) is 6.11. The minimum absolute atomic E-state index is 0.0797. The summed E-state index contributed by atoms with van der Waals surface area (Å²) in [6.45, 7) is 3.48. The highest BCUT2D eigenvalue weighted by Crippen LogP contribution is 2.25. The maximum absolute atomic E-state index is 12.9. The van der Waals surface area contributed by atoms with Crippen LogP contribution in [0.4, 0.5) is 5.69 Å². The van der Waals surface area contributed by atoms with Crippen LogP contribution in [0.25, 0.3) is 0 Å². The molecule has 1 heterocycles. The second kappa shape index (κ2) is 10.5. The molecule has 1 N–H and O–H groups in total. The largest absolute Gasteiger partial charge is 0.494 e. The lowest BCUT2D eigenvalue weighted by Crippen LogP contribution is -2.35. The first-order chi connectivity index (χ1) is 14.9. The van der Waals surface area contributed by atoms with Gasteiger partial charge in [-0.1, -0.05) is 0 Å². The van der Waals surface area contributed by atoms with E-state index in [1.54, 1.807) is 36.4 Å². The van der Waals surface area contributed by atoms with Crippen LogP contribution in [0.15, 0.2) is 53.4 Å². The van der Waals surface area contributed by atoms with Crippen molar-refractivity contribution in [1.82, 2.24) is 5.32 Å². The van der Waals surface area contributed by atoms with Crippen LogP contribution in [-0.4, -0.2) is 53.8 Å². The average Bonchev–Trinajstić information content (AvgIpc) is 3.30. The van der Waals surface area contributed by atoms with Crippen molar-refractivity contribution >= 4 is 21.6 Å². The molecule has 1 aliphatic heterocycles. The van der Waals surface area contributed by atoms with Crippen LogP contribution in [0, 0.1) is 0 Å². The Morgan fingerprint density at radius 1 is 1.10 bits per heavy atom. The normalized spacial score (nSPS) is 16.0. The molecule has 8 nitrogen and oxygen atoms in total. The summed E-state index contributed by atoms with van der Waals surface area (Å²) in [5.41, 5.74) is 0.476. The van der Waals surface area contributed by atoms with Crippen LogP contribution >= 0.6 is 0 Å². The number of amides is 1.